The molecule has 0 aliphatic rings. The molecular weight excluding hydrogens is 264 g/mol. The summed E-state index contributed by atoms with van der Waals surface area (Å²) in [6.07, 6.45) is 0. The van der Waals surface area contributed by atoms with Crippen LogP contribution in [-0.4, -0.2) is 25.1 Å². The van der Waals surface area contributed by atoms with E-state index < -0.39 is 0 Å². The maximum Gasteiger partial charge on any atom is 0.224 e. The molecule has 0 aliphatic heterocycles. The Morgan fingerprint density at radius 2 is 1.95 bits per heavy atom. The number of carbonyl (C=O) groups is 1. The fourth-order valence-corrected chi connectivity index (χ4v) is 1.41. The van der Waals surface area contributed by atoms with Crippen molar-refractivity contribution >= 4 is 18.3 Å². The van der Waals surface area contributed by atoms with Gasteiger partial charge in [0.2, 0.25) is 5.91 Å². The van der Waals surface area contributed by atoms with Crippen molar-refractivity contribution in [1.82, 2.24) is 5.32 Å². The molecule has 5 heteroatoms. The molecule has 0 spiro atoms. The number of hydrogen-bond donors (Lipinski definition) is 2. The number of hydrogen-bond acceptors (Lipinski definition) is 3. The lowest BCUT2D eigenvalue weighted by atomic mass is 10.0. The topological polar surface area (TPSA) is 64.4 Å². The van der Waals surface area contributed by atoms with Gasteiger partial charge in [0.25, 0.3) is 0 Å². The molecule has 108 valence electrons. The van der Waals surface area contributed by atoms with Crippen molar-refractivity contribution < 1.29 is 9.53 Å². The fraction of sp³-hybridized carbons (Fsp3) is 0.500. The van der Waals surface area contributed by atoms with Crippen LogP contribution >= 0.6 is 12.4 Å². The number of amides is 1. The highest BCUT2D eigenvalue weighted by Gasteiger charge is 2.15. The fourth-order valence-electron chi connectivity index (χ4n) is 1.41. The summed E-state index contributed by atoms with van der Waals surface area (Å²) in [5.74, 6) is -0.188. The summed E-state index contributed by atoms with van der Waals surface area (Å²) >= 11 is 0. The van der Waals surface area contributed by atoms with E-state index in [1.807, 2.05) is 44.2 Å². The predicted octanol–water partition coefficient (Wildman–Crippen LogP) is 1.72. The highest BCUT2D eigenvalue weighted by molar-refractivity contribution is 5.85. The van der Waals surface area contributed by atoms with Crippen LogP contribution in [0.5, 0.6) is 0 Å². The largest absolute Gasteiger partial charge is 0.375 e. The third-order valence-electron chi connectivity index (χ3n) is 2.86. The van der Waals surface area contributed by atoms with E-state index in [2.05, 4.69) is 5.32 Å². The third-order valence-corrected chi connectivity index (χ3v) is 2.86. The molecule has 0 aromatic heterocycles. The lowest BCUT2D eigenvalue weighted by Gasteiger charge is -2.15. The Morgan fingerprint density at radius 3 is 2.53 bits per heavy atom. The van der Waals surface area contributed by atoms with Crippen LogP contribution in [0.3, 0.4) is 0 Å². The van der Waals surface area contributed by atoms with Crippen molar-refractivity contribution in [3.05, 3.63) is 35.9 Å². The molecule has 1 rings (SSSR count). The van der Waals surface area contributed by atoms with E-state index in [0.717, 1.165) is 5.56 Å². The van der Waals surface area contributed by atoms with Crippen LogP contribution in [-0.2, 0) is 16.1 Å². The quantitative estimate of drug-likeness (QED) is 0.750. The molecule has 2 atom stereocenters. The highest BCUT2D eigenvalue weighted by atomic mass is 35.5. The molecule has 3 N–H and O–H groups in total. The smallest absolute Gasteiger partial charge is 0.224 e. The minimum atomic E-state index is -0.167. The number of rotatable bonds is 7. The highest BCUT2D eigenvalue weighted by Crippen LogP contribution is 2.00. The third kappa shape index (κ3) is 7.15. The number of halogens is 1. The average Bonchev–Trinajstić information content (AvgIpc) is 2.38. The first kappa shape index (κ1) is 17.9. The second-order valence-electron chi connectivity index (χ2n) is 4.48. The Labute approximate surface area is 121 Å². The van der Waals surface area contributed by atoms with E-state index in [0.29, 0.717) is 19.8 Å². The molecule has 0 bridgehead atoms. The van der Waals surface area contributed by atoms with Crippen LogP contribution in [0.4, 0.5) is 0 Å². The minimum Gasteiger partial charge on any atom is -0.375 e. The van der Waals surface area contributed by atoms with E-state index >= 15 is 0 Å². The molecule has 0 aliphatic carbocycles. The number of carbonyl (C=O) groups excluding carboxylic acids is 1. The van der Waals surface area contributed by atoms with Gasteiger partial charge < -0.3 is 15.8 Å². The molecule has 1 aromatic rings. The van der Waals surface area contributed by atoms with Crippen molar-refractivity contribution in [2.45, 2.75) is 26.5 Å². The molecular formula is C14H23ClN2O2. The van der Waals surface area contributed by atoms with E-state index in [1.54, 1.807) is 0 Å². The van der Waals surface area contributed by atoms with Crippen molar-refractivity contribution in [2.24, 2.45) is 11.7 Å². The Balaban J connectivity index is 0.00000324. The molecule has 2 unspecified atom stereocenters. The van der Waals surface area contributed by atoms with Gasteiger partial charge in [-0.05, 0) is 12.5 Å². The van der Waals surface area contributed by atoms with Gasteiger partial charge in [-0.25, -0.2) is 0 Å². The molecule has 0 fully saturated rings. The Bertz CT molecular complexity index is 358. The van der Waals surface area contributed by atoms with Crippen molar-refractivity contribution in [2.75, 3.05) is 13.2 Å². The average molecular weight is 287 g/mol. The summed E-state index contributed by atoms with van der Waals surface area (Å²) < 4.78 is 5.46. The summed E-state index contributed by atoms with van der Waals surface area (Å²) in [4.78, 5) is 11.6. The van der Waals surface area contributed by atoms with E-state index in [9.17, 15) is 4.79 Å². The van der Waals surface area contributed by atoms with Gasteiger partial charge in [0.15, 0.2) is 0 Å². The minimum absolute atomic E-state index is 0. The molecule has 19 heavy (non-hydrogen) atoms. The lowest BCUT2D eigenvalue weighted by Crippen LogP contribution is -2.39. The predicted molar refractivity (Wildman–Crippen MR) is 79.2 cm³/mol. The zero-order valence-corrected chi connectivity index (χ0v) is 12.3. The van der Waals surface area contributed by atoms with Gasteiger partial charge in [0.05, 0.1) is 13.2 Å². The standard InChI is InChI=1S/C14H22N2O2.ClH/c1-11(12(2)15)14(17)16-8-9-18-10-13-6-4-3-5-7-13;/h3-7,11-12H,8-10,15H2,1-2H3,(H,16,17);1H. The molecule has 4 nitrogen and oxygen atoms in total. The maximum atomic E-state index is 11.6. The number of benzene rings is 1. The second-order valence-corrected chi connectivity index (χ2v) is 4.48. The molecule has 0 heterocycles. The van der Waals surface area contributed by atoms with Gasteiger partial charge in [0.1, 0.15) is 0 Å². The second kappa shape index (κ2) is 9.78. The first-order chi connectivity index (χ1) is 8.61. The number of nitrogens with two attached hydrogens (primary N) is 1. The summed E-state index contributed by atoms with van der Waals surface area (Å²) in [5.41, 5.74) is 6.78. The van der Waals surface area contributed by atoms with Crippen LogP contribution in [0.25, 0.3) is 0 Å². The van der Waals surface area contributed by atoms with Crippen LogP contribution in [0.2, 0.25) is 0 Å². The Kier molecular flexibility index (Phi) is 9.21. The molecule has 0 saturated carbocycles. The van der Waals surface area contributed by atoms with Crippen LogP contribution < -0.4 is 11.1 Å². The number of ether oxygens (including phenoxy) is 1. The van der Waals surface area contributed by atoms with Gasteiger partial charge in [-0.15, -0.1) is 12.4 Å². The van der Waals surface area contributed by atoms with Crippen molar-refractivity contribution in [1.29, 1.82) is 0 Å². The Hall–Kier alpha value is -1.10. The van der Waals surface area contributed by atoms with Crippen LogP contribution in [0.15, 0.2) is 30.3 Å². The molecule has 1 amide bonds. The van der Waals surface area contributed by atoms with Crippen molar-refractivity contribution in [3.8, 4) is 0 Å². The van der Waals surface area contributed by atoms with Gasteiger partial charge in [-0.1, -0.05) is 37.3 Å². The van der Waals surface area contributed by atoms with E-state index in [4.69, 9.17) is 10.5 Å². The Morgan fingerprint density at radius 1 is 1.32 bits per heavy atom. The first-order valence-corrected chi connectivity index (χ1v) is 6.26. The van der Waals surface area contributed by atoms with E-state index in [-0.39, 0.29) is 30.3 Å². The van der Waals surface area contributed by atoms with Crippen molar-refractivity contribution in [3.63, 3.8) is 0 Å². The zero-order valence-electron chi connectivity index (χ0n) is 11.5. The van der Waals surface area contributed by atoms with Crippen LogP contribution in [0, 0.1) is 5.92 Å². The normalized spacial score (nSPS) is 13.2. The molecule has 0 saturated heterocycles. The summed E-state index contributed by atoms with van der Waals surface area (Å²) in [7, 11) is 0. The van der Waals surface area contributed by atoms with Gasteiger partial charge in [-0.2, -0.15) is 0 Å². The van der Waals surface area contributed by atoms with Crippen LogP contribution in [0.1, 0.15) is 19.4 Å². The first-order valence-electron chi connectivity index (χ1n) is 6.26. The van der Waals surface area contributed by atoms with E-state index in [1.165, 1.54) is 0 Å². The summed E-state index contributed by atoms with van der Waals surface area (Å²) in [6.45, 7) is 5.25. The lowest BCUT2D eigenvalue weighted by molar-refractivity contribution is -0.125. The van der Waals surface area contributed by atoms with Gasteiger partial charge in [0, 0.05) is 18.5 Å². The van der Waals surface area contributed by atoms with Gasteiger partial charge in [-0.3, -0.25) is 4.79 Å². The van der Waals surface area contributed by atoms with Gasteiger partial charge >= 0.3 is 0 Å². The SMILES string of the molecule is CC(N)C(C)C(=O)NCCOCc1ccccc1.Cl. The summed E-state index contributed by atoms with van der Waals surface area (Å²) in [5, 5.41) is 2.81. The zero-order chi connectivity index (χ0) is 13.4. The molecule has 1 aromatic carbocycles. The monoisotopic (exact) mass is 286 g/mol. The maximum absolute atomic E-state index is 11.6. The summed E-state index contributed by atoms with van der Waals surface area (Å²) in [6, 6.07) is 9.82. The number of nitrogens with one attached hydrogen (secondary N) is 1. The molecule has 0 radical (unpaired) electrons.